The van der Waals surface area contributed by atoms with E-state index in [0.717, 1.165) is 5.56 Å². The number of esters is 1. The molecule has 0 aliphatic carbocycles. The first kappa shape index (κ1) is 16.8. The van der Waals surface area contributed by atoms with Crippen molar-refractivity contribution in [3.05, 3.63) is 42.5 Å². The molecule has 0 aliphatic heterocycles. The van der Waals surface area contributed by atoms with Gasteiger partial charge >= 0.3 is 5.97 Å². The van der Waals surface area contributed by atoms with Gasteiger partial charge in [0.1, 0.15) is 12.3 Å². The summed E-state index contributed by atoms with van der Waals surface area (Å²) >= 11 is 0. The highest BCUT2D eigenvalue weighted by molar-refractivity contribution is 5.83. The van der Waals surface area contributed by atoms with Crippen LogP contribution in [0.2, 0.25) is 0 Å². The molecular formula is C16H21NO4. The van der Waals surface area contributed by atoms with Crippen molar-refractivity contribution in [3.63, 3.8) is 0 Å². The molecule has 5 nitrogen and oxygen atoms in total. The second kappa shape index (κ2) is 8.79. The second-order valence-corrected chi connectivity index (χ2v) is 4.47. The third-order valence-electron chi connectivity index (χ3n) is 2.68. The number of nitrogens with zero attached hydrogens (tertiary/aromatic N) is 1. The quantitative estimate of drug-likeness (QED) is 0.542. The van der Waals surface area contributed by atoms with Crippen LogP contribution in [0.1, 0.15) is 12.5 Å². The van der Waals surface area contributed by atoms with E-state index in [-0.39, 0.29) is 32.2 Å². The van der Waals surface area contributed by atoms with E-state index < -0.39 is 5.97 Å². The van der Waals surface area contributed by atoms with Crippen LogP contribution in [0.5, 0.6) is 5.75 Å². The van der Waals surface area contributed by atoms with Gasteiger partial charge < -0.3 is 14.4 Å². The lowest BCUT2D eigenvalue weighted by Gasteiger charge is -2.20. The average molecular weight is 291 g/mol. The first-order chi connectivity index (χ1) is 10.1. The summed E-state index contributed by atoms with van der Waals surface area (Å²) in [5.41, 5.74) is 1.05. The van der Waals surface area contributed by atoms with Crippen molar-refractivity contribution in [3.8, 4) is 5.75 Å². The topological polar surface area (TPSA) is 55.8 Å². The maximum absolute atomic E-state index is 12.1. The molecule has 0 N–H and O–H groups in total. The third-order valence-corrected chi connectivity index (χ3v) is 2.68. The maximum Gasteiger partial charge on any atom is 0.325 e. The Morgan fingerprint density at radius 3 is 2.76 bits per heavy atom. The first-order valence-electron chi connectivity index (χ1n) is 6.80. The number of hydrogen-bond donors (Lipinski definition) is 0. The van der Waals surface area contributed by atoms with Crippen molar-refractivity contribution in [1.82, 2.24) is 4.90 Å². The number of ether oxygens (including phenoxy) is 2. The standard InChI is InChI=1S/C16H21NO4/c1-4-9-17(11-16(19)20-5-2)15(18)12-21-14-8-6-7-13(3)10-14/h4,6-8,10H,1,5,9,11-12H2,2-3H3. The summed E-state index contributed by atoms with van der Waals surface area (Å²) in [7, 11) is 0. The SMILES string of the molecule is C=CCN(CC(=O)OCC)C(=O)COc1cccc(C)c1. The summed E-state index contributed by atoms with van der Waals surface area (Å²) in [6.45, 7) is 7.57. The summed E-state index contributed by atoms with van der Waals surface area (Å²) in [6.07, 6.45) is 1.56. The molecule has 0 saturated carbocycles. The minimum atomic E-state index is -0.441. The van der Waals surface area contributed by atoms with Crippen LogP contribution in [0.4, 0.5) is 0 Å². The fourth-order valence-electron chi connectivity index (χ4n) is 1.71. The fraction of sp³-hybridized carbons (Fsp3) is 0.375. The molecule has 1 aromatic carbocycles. The van der Waals surface area contributed by atoms with Crippen LogP contribution in [0.15, 0.2) is 36.9 Å². The fourth-order valence-corrected chi connectivity index (χ4v) is 1.71. The second-order valence-electron chi connectivity index (χ2n) is 4.47. The predicted octanol–water partition coefficient (Wildman–Crippen LogP) is 1.95. The zero-order valence-corrected chi connectivity index (χ0v) is 12.5. The molecule has 0 radical (unpaired) electrons. The van der Waals surface area contributed by atoms with E-state index in [9.17, 15) is 9.59 Å². The summed E-state index contributed by atoms with van der Waals surface area (Å²) in [6, 6.07) is 7.43. The average Bonchev–Trinajstić information content (AvgIpc) is 2.44. The molecule has 1 rings (SSSR count). The van der Waals surface area contributed by atoms with Gasteiger partial charge in [0.25, 0.3) is 5.91 Å². The summed E-state index contributed by atoms with van der Waals surface area (Å²) < 4.78 is 10.3. The lowest BCUT2D eigenvalue weighted by atomic mass is 10.2. The third kappa shape index (κ3) is 6.12. The highest BCUT2D eigenvalue weighted by atomic mass is 16.5. The van der Waals surface area contributed by atoms with Crippen LogP contribution in [0.3, 0.4) is 0 Å². The Hall–Kier alpha value is -2.30. The molecule has 0 spiro atoms. The summed E-state index contributed by atoms with van der Waals surface area (Å²) in [4.78, 5) is 24.9. The number of amides is 1. The molecule has 0 atom stereocenters. The molecule has 0 aliphatic rings. The van der Waals surface area contributed by atoms with Gasteiger partial charge in [-0.05, 0) is 31.5 Å². The minimum absolute atomic E-state index is 0.101. The molecule has 114 valence electrons. The minimum Gasteiger partial charge on any atom is -0.484 e. The van der Waals surface area contributed by atoms with Gasteiger partial charge in [0, 0.05) is 6.54 Å². The maximum atomic E-state index is 12.1. The van der Waals surface area contributed by atoms with Crippen molar-refractivity contribution >= 4 is 11.9 Å². The number of aryl methyl sites for hydroxylation is 1. The molecule has 0 heterocycles. The van der Waals surface area contributed by atoms with Gasteiger partial charge in [-0.15, -0.1) is 6.58 Å². The van der Waals surface area contributed by atoms with Gasteiger partial charge in [-0.3, -0.25) is 9.59 Å². The van der Waals surface area contributed by atoms with Gasteiger partial charge in [0.05, 0.1) is 6.61 Å². The van der Waals surface area contributed by atoms with Crippen LogP contribution in [-0.4, -0.2) is 43.1 Å². The van der Waals surface area contributed by atoms with Gasteiger partial charge in [0.2, 0.25) is 0 Å². The van der Waals surface area contributed by atoms with Crippen molar-refractivity contribution in [1.29, 1.82) is 0 Å². The van der Waals surface area contributed by atoms with Crippen molar-refractivity contribution in [2.45, 2.75) is 13.8 Å². The number of carbonyl (C=O) groups is 2. The van der Waals surface area contributed by atoms with Crippen molar-refractivity contribution in [2.24, 2.45) is 0 Å². The smallest absolute Gasteiger partial charge is 0.325 e. The molecule has 0 fully saturated rings. The van der Waals surface area contributed by atoms with E-state index in [1.807, 2.05) is 25.1 Å². The molecule has 21 heavy (non-hydrogen) atoms. The lowest BCUT2D eigenvalue weighted by Crippen LogP contribution is -2.39. The van der Waals surface area contributed by atoms with Gasteiger partial charge in [-0.25, -0.2) is 0 Å². The molecule has 1 aromatic rings. The molecule has 5 heteroatoms. The molecule has 1 amide bonds. The normalized spacial score (nSPS) is 9.81. The Labute approximate surface area is 125 Å². The van der Waals surface area contributed by atoms with Crippen LogP contribution in [-0.2, 0) is 14.3 Å². The predicted molar refractivity (Wildman–Crippen MR) is 80.1 cm³/mol. The highest BCUT2D eigenvalue weighted by Gasteiger charge is 2.17. The Kier molecular flexibility index (Phi) is 7.01. The Bertz CT molecular complexity index is 499. The molecule has 0 bridgehead atoms. The van der Waals surface area contributed by atoms with E-state index in [1.165, 1.54) is 4.90 Å². The monoisotopic (exact) mass is 291 g/mol. The molecule has 0 unspecified atom stereocenters. The lowest BCUT2D eigenvalue weighted by molar-refractivity contribution is -0.149. The van der Waals surface area contributed by atoms with Crippen LogP contribution >= 0.6 is 0 Å². The largest absolute Gasteiger partial charge is 0.484 e. The number of rotatable bonds is 8. The zero-order chi connectivity index (χ0) is 15.7. The van der Waals surface area contributed by atoms with Crippen molar-refractivity contribution in [2.75, 3.05) is 26.3 Å². The van der Waals surface area contributed by atoms with E-state index in [4.69, 9.17) is 9.47 Å². The first-order valence-corrected chi connectivity index (χ1v) is 6.80. The van der Waals surface area contributed by atoms with E-state index >= 15 is 0 Å². The summed E-state index contributed by atoms with van der Waals surface area (Å²) in [5, 5.41) is 0. The number of benzene rings is 1. The van der Waals surface area contributed by atoms with E-state index in [1.54, 1.807) is 19.1 Å². The van der Waals surface area contributed by atoms with Gasteiger partial charge in [0.15, 0.2) is 6.61 Å². The Balaban J connectivity index is 2.56. The number of carbonyl (C=O) groups excluding carboxylic acids is 2. The van der Waals surface area contributed by atoms with Gasteiger partial charge in [-0.2, -0.15) is 0 Å². The van der Waals surface area contributed by atoms with Crippen molar-refractivity contribution < 1.29 is 19.1 Å². The zero-order valence-electron chi connectivity index (χ0n) is 12.5. The molecular weight excluding hydrogens is 270 g/mol. The van der Waals surface area contributed by atoms with Gasteiger partial charge in [-0.1, -0.05) is 18.2 Å². The summed E-state index contributed by atoms with van der Waals surface area (Å²) in [5.74, 6) is -0.106. The number of hydrogen-bond acceptors (Lipinski definition) is 4. The van der Waals surface area contributed by atoms with E-state index in [0.29, 0.717) is 5.75 Å². The Morgan fingerprint density at radius 1 is 1.38 bits per heavy atom. The highest BCUT2D eigenvalue weighted by Crippen LogP contribution is 2.12. The van der Waals surface area contributed by atoms with Crippen LogP contribution in [0, 0.1) is 6.92 Å². The van der Waals surface area contributed by atoms with Crippen LogP contribution < -0.4 is 4.74 Å². The van der Waals surface area contributed by atoms with E-state index in [2.05, 4.69) is 6.58 Å². The molecule has 0 saturated heterocycles. The Morgan fingerprint density at radius 2 is 2.14 bits per heavy atom. The van der Waals surface area contributed by atoms with Crippen LogP contribution in [0.25, 0.3) is 0 Å². The molecule has 0 aromatic heterocycles.